The van der Waals surface area contributed by atoms with Gasteiger partial charge in [-0.2, -0.15) is 0 Å². The number of aromatic nitrogens is 1. The Balaban J connectivity index is 2.27. The van der Waals surface area contributed by atoms with Gasteiger partial charge < -0.3 is 10.6 Å². The molecule has 0 aromatic carbocycles. The predicted molar refractivity (Wildman–Crippen MR) is 56.0 cm³/mol. The summed E-state index contributed by atoms with van der Waals surface area (Å²) in [5, 5.41) is 5.79. The van der Waals surface area contributed by atoms with E-state index in [0.29, 0.717) is 6.54 Å². The van der Waals surface area contributed by atoms with Gasteiger partial charge in [0, 0.05) is 18.1 Å². The van der Waals surface area contributed by atoms with Gasteiger partial charge in [0.15, 0.2) is 0 Å². The highest BCUT2D eigenvalue weighted by molar-refractivity contribution is 5.92. The zero-order chi connectivity index (χ0) is 10.2. The summed E-state index contributed by atoms with van der Waals surface area (Å²) < 4.78 is 0. The molecule has 1 heterocycles. The van der Waals surface area contributed by atoms with Crippen LogP contribution in [0, 0.1) is 0 Å². The Morgan fingerprint density at radius 3 is 2.79 bits per heavy atom. The Morgan fingerprint density at radius 2 is 2.14 bits per heavy atom. The van der Waals surface area contributed by atoms with E-state index in [1.54, 1.807) is 24.5 Å². The van der Waals surface area contributed by atoms with Crippen LogP contribution >= 0.6 is 0 Å². The number of anilines is 1. The van der Waals surface area contributed by atoms with Crippen LogP contribution in [0.15, 0.2) is 24.5 Å². The number of nitrogens with one attached hydrogen (secondary N) is 2. The van der Waals surface area contributed by atoms with Gasteiger partial charge >= 0.3 is 0 Å². The fourth-order valence-electron chi connectivity index (χ4n) is 1.02. The van der Waals surface area contributed by atoms with Crippen molar-refractivity contribution in [3.8, 4) is 0 Å². The predicted octanol–water partition coefficient (Wildman–Crippen LogP) is 1.02. The molecule has 0 aliphatic carbocycles. The Morgan fingerprint density at radius 1 is 1.43 bits per heavy atom. The summed E-state index contributed by atoms with van der Waals surface area (Å²) in [6, 6.07) is 3.52. The molecule has 4 heteroatoms. The number of carbonyl (C=O) groups excluding carboxylic acids is 1. The van der Waals surface area contributed by atoms with E-state index in [-0.39, 0.29) is 5.91 Å². The van der Waals surface area contributed by atoms with Crippen molar-refractivity contribution in [3.05, 3.63) is 24.5 Å². The number of amides is 1. The zero-order valence-corrected chi connectivity index (χ0v) is 8.29. The Labute approximate surface area is 83.7 Å². The minimum atomic E-state index is -0.0235. The maximum absolute atomic E-state index is 11.3. The van der Waals surface area contributed by atoms with Crippen LogP contribution < -0.4 is 10.6 Å². The second-order valence-corrected chi connectivity index (χ2v) is 2.96. The SMILES string of the molecule is CCCNCC(=O)Nc1ccncc1. The Kier molecular flexibility index (Phi) is 4.64. The van der Waals surface area contributed by atoms with Gasteiger partial charge in [0.05, 0.1) is 6.54 Å². The van der Waals surface area contributed by atoms with Gasteiger partial charge in [-0.25, -0.2) is 0 Å². The van der Waals surface area contributed by atoms with Gasteiger partial charge in [-0.05, 0) is 25.1 Å². The smallest absolute Gasteiger partial charge is 0.238 e. The highest BCUT2D eigenvalue weighted by atomic mass is 16.1. The molecule has 4 nitrogen and oxygen atoms in total. The largest absolute Gasteiger partial charge is 0.325 e. The first-order valence-corrected chi connectivity index (χ1v) is 4.73. The lowest BCUT2D eigenvalue weighted by Gasteiger charge is -2.04. The lowest BCUT2D eigenvalue weighted by molar-refractivity contribution is -0.115. The lowest BCUT2D eigenvalue weighted by atomic mass is 10.4. The summed E-state index contributed by atoms with van der Waals surface area (Å²) in [6.07, 6.45) is 4.33. The molecule has 0 unspecified atom stereocenters. The summed E-state index contributed by atoms with van der Waals surface area (Å²) >= 11 is 0. The maximum atomic E-state index is 11.3. The second kappa shape index (κ2) is 6.10. The monoisotopic (exact) mass is 193 g/mol. The van der Waals surface area contributed by atoms with Gasteiger partial charge in [0.1, 0.15) is 0 Å². The third-order valence-corrected chi connectivity index (χ3v) is 1.68. The molecule has 1 aromatic heterocycles. The first-order chi connectivity index (χ1) is 6.83. The van der Waals surface area contributed by atoms with Gasteiger partial charge in [0.25, 0.3) is 0 Å². The van der Waals surface area contributed by atoms with E-state index in [2.05, 4.69) is 22.5 Å². The zero-order valence-electron chi connectivity index (χ0n) is 8.29. The van der Waals surface area contributed by atoms with E-state index in [4.69, 9.17) is 0 Å². The van der Waals surface area contributed by atoms with Crippen molar-refractivity contribution >= 4 is 11.6 Å². The van der Waals surface area contributed by atoms with E-state index < -0.39 is 0 Å². The number of rotatable bonds is 5. The molecule has 0 spiro atoms. The van der Waals surface area contributed by atoms with Gasteiger partial charge in [0.2, 0.25) is 5.91 Å². The molecule has 0 saturated heterocycles. The molecule has 0 fully saturated rings. The molecular formula is C10H15N3O. The number of hydrogen-bond acceptors (Lipinski definition) is 3. The van der Waals surface area contributed by atoms with Crippen LogP contribution in [-0.4, -0.2) is 24.0 Å². The molecule has 2 N–H and O–H groups in total. The average molecular weight is 193 g/mol. The van der Waals surface area contributed by atoms with Gasteiger partial charge in [-0.1, -0.05) is 6.92 Å². The number of nitrogens with zero attached hydrogens (tertiary/aromatic N) is 1. The lowest BCUT2D eigenvalue weighted by Crippen LogP contribution is -2.28. The highest BCUT2D eigenvalue weighted by Gasteiger charge is 1.99. The Bertz CT molecular complexity index is 274. The molecule has 1 aromatic rings. The van der Waals surface area contributed by atoms with Crippen molar-refractivity contribution in [2.75, 3.05) is 18.4 Å². The quantitative estimate of drug-likeness (QED) is 0.686. The summed E-state index contributed by atoms with van der Waals surface area (Å²) in [7, 11) is 0. The fourth-order valence-corrected chi connectivity index (χ4v) is 1.02. The molecule has 1 amide bonds. The Hall–Kier alpha value is -1.42. The molecular weight excluding hydrogens is 178 g/mol. The van der Waals surface area contributed by atoms with Crippen LogP contribution in [0.1, 0.15) is 13.3 Å². The van der Waals surface area contributed by atoms with Crippen LogP contribution in [0.25, 0.3) is 0 Å². The van der Waals surface area contributed by atoms with E-state index in [0.717, 1.165) is 18.7 Å². The molecule has 1 rings (SSSR count). The number of carbonyl (C=O) groups is 1. The van der Waals surface area contributed by atoms with Crippen molar-refractivity contribution in [2.24, 2.45) is 0 Å². The molecule has 0 aliphatic heterocycles. The van der Waals surface area contributed by atoms with Crippen LogP contribution in [0.4, 0.5) is 5.69 Å². The van der Waals surface area contributed by atoms with Crippen LogP contribution in [0.5, 0.6) is 0 Å². The molecule has 0 bridgehead atoms. The van der Waals surface area contributed by atoms with Crippen molar-refractivity contribution in [1.29, 1.82) is 0 Å². The van der Waals surface area contributed by atoms with Gasteiger partial charge in [-0.15, -0.1) is 0 Å². The molecule has 0 radical (unpaired) electrons. The highest BCUT2D eigenvalue weighted by Crippen LogP contribution is 2.01. The topological polar surface area (TPSA) is 54.0 Å². The number of pyridine rings is 1. The molecule has 14 heavy (non-hydrogen) atoms. The van der Waals surface area contributed by atoms with Crippen molar-refractivity contribution in [2.45, 2.75) is 13.3 Å². The first kappa shape index (κ1) is 10.7. The molecule has 0 aliphatic rings. The van der Waals surface area contributed by atoms with Crippen molar-refractivity contribution < 1.29 is 4.79 Å². The summed E-state index contributed by atoms with van der Waals surface area (Å²) in [6.45, 7) is 3.29. The molecule has 0 atom stereocenters. The summed E-state index contributed by atoms with van der Waals surface area (Å²) in [5.74, 6) is -0.0235. The molecule has 0 saturated carbocycles. The summed E-state index contributed by atoms with van der Waals surface area (Å²) in [4.78, 5) is 15.2. The minimum absolute atomic E-state index is 0.0235. The van der Waals surface area contributed by atoms with E-state index in [9.17, 15) is 4.79 Å². The van der Waals surface area contributed by atoms with Crippen molar-refractivity contribution in [3.63, 3.8) is 0 Å². The average Bonchev–Trinajstić information content (AvgIpc) is 2.20. The minimum Gasteiger partial charge on any atom is -0.325 e. The number of hydrogen-bond donors (Lipinski definition) is 2. The van der Waals surface area contributed by atoms with E-state index >= 15 is 0 Å². The maximum Gasteiger partial charge on any atom is 0.238 e. The molecule has 76 valence electrons. The third kappa shape index (κ3) is 4.00. The third-order valence-electron chi connectivity index (χ3n) is 1.68. The standard InChI is InChI=1S/C10H15N3O/c1-2-5-12-8-10(14)13-9-3-6-11-7-4-9/h3-4,6-7,12H,2,5,8H2,1H3,(H,11,13,14). The second-order valence-electron chi connectivity index (χ2n) is 2.96. The normalized spacial score (nSPS) is 9.79. The van der Waals surface area contributed by atoms with Crippen LogP contribution in [0.2, 0.25) is 0 Å². The van der Waals surface area contributed by atoms with Gasteiger partial charge in [-0.3, -0.25) is 9.78 Å². The first-order valence-electron chi connectivity index (χ1n) is 4.73. The summed E-state index contributed by atoms with van der Waals surface area (Å²) in [5.41, 5.74) is 0.781. The fraction of sp³-hybridized carbons (Fsp3) is 0.400. The van der Waals surface area contributed by atoms with Crippen LogP contribution in [-0.2, 0) is 4.79 Å². The van der Waals surface area contributed by atoms with E-state index in [1.165, 1.54) is 0 Å². The van der Waals surface area contributed by atoms with Crippen molar-refractivity contribution in [1.82, 2.24) is 10.3 Å². The van der Waals surface area contributed by atoms with Crippen LogP contribution in [0.3, 0.4) is 0 Å². The van der Waals surface area contributed by atoms with E-state index in [1.807, 2.05) is 0 Å².